The molecule has 0 spiro atoms. The van der Waals surface area contributed by atoms with Crippen LogP contribution in [-0.4, -0.2) is 34.6 Å². The molecular weight excluding hydrogens is 268 g/mol. The van der Waals surface area contributed by atoms with Crippen LogP contribution < -0.4 is 5.32 Å². The molecule has 1 aliphatic rings. The number of halogens is 1. The molecule has 19 heavy (non-hydrogen) atoms. The van der Waals surface area contributed by atoms with E-state index in [9.17, 15) is 9.59 Å². The third kappa shape index (κ3) is 3.17. The SMILES string of the molecule is O=C(O)[C@H]1CCCN1C(=O)NCc1ccccc1Cl. The molecule has 2 N–H and O–H groups in total. The van der Waals surface area contributed by atoms with Crippen LogP contribution in [0.5, 0.6) is 0 Å². The topological polar surface area (TPSA) is 69.6 Å². The lowest BCUT2D eigenvalue weighted by atomic mass is 10.2. The molecule has 1 fully saturated rings. The Morgan fingerprint density at radius 1 is 1.42 bits per heavy atom. The highest BCUT2D eigenvalue weighted by Gasteiger charge is 2.33. The first-order valence-electron chi connectivity index (χ1n) is 6.10. The summed E-state index contributed by atoms with van der Waals surface area (Å²) in [6.07, 6.45) is 1.23. The number of carbonyl (C=O) groups is 2. The van der Waals surface area contributed by atoms with E-state index in [1.165, 1.54) is 4.90 Å². The lowest BCUT2D eigenvalue weighted by Crippen LogP contribution is -2.45. The summed E-state index contributed by atoms with van der Waals surface area (Å²) in [4.78, 5) is 24.3. The highest BCUT2D eigenvalue weighted by atomic mass is 35.5. The zero-order valence-corrected chi connectivity index (χ0v) is 11.1. The summed E-state index contributed by atoms with van der Waals surface area (Å²) in [6.45, 7) is 0.771. The Hall–Kier alpha value is -1.75. The second-order valence-corrected chi connectivity index (χ2v) is 4.85. The molecule has 1 saturated heterocycles. The van der Waals surface area contributed by atoms with Gasteiger partial charge < -0.3 is 15.3 Å². The molecule has 0 radical (unpaired) electrons. The Kier molecular flexibility index (Phi) is 4.27. The van der Waals surface area contributed by atoms with Crippen LogP contribution in [0.15, 0.2) is 24.3 Å². The molecule has 6 heteroatoms. The summed E-state index contributed by atoms with van der Waals surface area (Å²) < 4.78 is 0. The van der Waals surface area contributed by atoms with E-state index < -0.39 is 12.0 Å². The number of carboxylic acids is 1. The van der Waals surface area contributed by atoms with Gasteiger partial charge in [0.15, 0.2) is 0 Å². The van der Waals surface area contributed by atoms with Crippen molar-refractivity contribution in [3.63, 3.8) is 0 Å². The van der Waals surface area contributed by atoms with Crippen molar-refractivity contribution in [2.24, 2.45) is 0 Å². The van der Waals surface area contributed by atoms with Gasteiger partial charge in [-0.05, 0) is 24.5 Å². The lowest BCUT2D eigenvalue weighted by molar-refractivity contribution is -0.141. The van der Waals surface area contributed by atoms with Crippen LogP contribution in [0, 0.1) is 0 Å². The van der Waals surface area contributed by atoms with Crippen LogP contribution in [0.3, 0.4) is 0 Å². The smallest absolute Gasteiger partial charge is 0.326 e. The zero-order chi connectivity index (χ0) is 13.8. The summed E-state index contributed by atoms with van der Waals surface area (Å²) in [5, 5.41) is 12.3. The zero-order valence-electron chi connectivity index (χ0n) is 10.3. The largest absolute Gasteiger partial charge is 0.480 e. The number of urea groups is 1. The summed E-state index contributed by atoms with van der Waals surface area (Å²) in [5.74, 6) is -0.953. The van der Waals surface area contributed by atoms with Gasteiger partial charge in [-0.2, -0.15) is 0 Å². The summed E-state index contributed by atoms with van der Waals surface area (Å²) >= 11 is 5.99. The van der Waals surface area contributed by atoms with Crippen LogP contribution in [-0.2, 0) is 11.3 Å². The fraction of sp³-hybridized carbons (Fsp3) is 0.385. The summed E-state index contributed by atoms with van der Waals surface area (Å²) in [5.41, 5.74) is 0.809. The number of rotatable bonds is 3. The molecule has 2 rings (SSSR count). The molecule has 1 aromatic rings. The second kappa shape index (κ2) is 5.93. The first-order valence-corrected chi connectivity index (χ1v) is 6.48. The Labute approximate surface area is 116 Å². The average Bonchev–Trinajstić information content (AvgIpc) is 2.87. The van der Waals surface area contributed by atoms with Gasteiger partial charge in [0.2, 0.25) is 0 Å². The van der Waals surface area contributed by atoms with Gasteiger partial charge in [-0.3, -0.25) is 0 Å². The van der Waals surface area contributed by atoms with Gasteiger partial charge >= 0.3 is 12.0 Å². The van der Waals surface area contributed by atoms with E-state index >= 15 is 0 Å². The van der Waals surface area contributed by atoms with Crippen molar-refractivity contribution in [2.45, 2.75) is 25.4 Å². The highest BCUT2D eigenvalue weighted by Crippen LogP contribution is 2.18. The third-order valence-electron chi connectivity index (χ3n) is 3.19. The normalized spacial score (nSPS) is 18.4. The predicted octanol–water partition coefficient (Wildman–Crippen LogP) is 2.10. The number of hydrogen-bond acceptors (Lipinski definition) is 2. The van der Waals surface area contributed by atoms with Crippen molar-refractivity contribution in [3.8, 4) is 0 Å². The third-order valence-corrected chi connectivity index (χ3v) is 3.56. The van der Waals surface area contributed by atoms with Crippen LogP contribution in [0.25, 0.3) is 0 Å². The number of carbonyl (C=O) groups excluding carboxylic acids is 1. The Morgan fingerprint density at radius 3 is 2.84 bits per heavy atom. The maximum Gasteiger partial charge on any atom is 0.326 e. The summed E-state index contributed by atoms with van der Waals surface area (Å²) in [6, 6.07) is 6.15. The lowest BCUT2D eigenvalue weighted by Gasteiger charge is -2.21. The molecule has 5 nitrogen and oxygen atoms in total. The standard InChI is InChI=1S/C13H15ClN2O3/c14-10-5-2-1-4-9(10)8-15-13(19)16-7-3-6-11(16)12(17)18/h1-2,4-5,11H,3,6-8H2,(H,15,19)(H,17,18)/t11-/m1/s1. The van der Waals surface area contributed by atoms with Crippen molar-refractivity contribution in [2.75, 3.05) is 6.54 Å². The van der Waals surface area contributed by atoms with E-state index in [2.05, 4.69) is 5.32 Å². The minimum absolute atomic E-state index is 0.293. The molecule has 0 aromatic heterocycles. The Balaban J connectivity index is 1.95. The molecule has 1 aliphatic heterocycles. The van der Waals surface area contributed by atoms with Crippen LogP contribution in [0.2, 0.25) is 5.02 Å². The molecule has 0 unspecified atom stereocenters. The van der Waals surface area contributed by atoms with Gasteiger partial charge in [-0.1, -0.05) is 29.8 Å². The van der Waals surface area contributed by atoms with Gasteiger partial charge in [0, 0.05) is 18.1 Å². The van der Waals surface area contributed by atoms with Gasteiger partial charge in [0.1, 0.15) is 6.04 Å². The minimum Gasteiger partial charge on any atom is -0.480 e. The van der Waals surface area contributed by atoms with Gasteiger partial charge in [-0.25, -0.2) is 9.59 Å². The number of aliphatic carboxylic acids is 1. The molecule has 0 bridgehead atoms. The van der Waals surface area contributed by atoms with E-state index in [0.717, 1.165) is 12.0 Å². The van der Waals surface area contributed by atoms with E-state index in [4.69, 9.17) is 16.7 Å². The van der Waals surface area contributed by atoms with E-state index in [1.54, 1.807) is 6.07 Å². The maximum absolute atomic E-state index is 12.0. The predicted molar refractivity (Wildman–Crippen MR) is 71.1 cm³/mol. The van der Waals surface area contributed by atoms with E-state index in [1.807, 2.05) is 18.2 Å². The number of nitrogens with zero attached hydrogens (tertiary/aromatic N) is 1. The molecule has 102 valence electrons. The maximum atomic E-state index is 12.0. The van der Waals surface area contributed by atoms with Crippen LogP contribution in [0.1, 0.15) is 18.4 Å². The number of nitrogens with one attached hydrogen (secondary N) is 1. The highest BCUT2D eigenvalue weighted by molar-refractivity contribution is 6.31. The van der Waals surface area contributed by atoms with Gasteiger partial charge in [0.25, 0.3) is 0 Å². The fourth-order valence-corrected chi connectivity index (χ4v) is 2.38. The number of carboxylic acid groups (broad SMARTS) is 1. The fourth-order valence-electron chi connectivity index (χ4n) is 2.18. The molecular formula is C13H15ClN2O3. The molecule has 0 saturated carbocycles. The van der Waals surface area contributed by atoms with Crippen molar-refractivity contribution in [3.05, 3.63) is 34.9 Å². The van der Waals surface area contributed by atoms with Crippen LogP contribution >= 0.6 is 11.6 Å². The number of amides is 2. The average molecular weight is 283 g/mol. The second-order valence-electron chi connectivity index (χ2n) is 4.44. The van der Waals surface area contributed by atoms with Crippen LogP contribution in [0.4, 0.5) is 4.79 Å². The molecule has 2 amide bonds. The van der Waals surface area contributed by atoms with Gasteiger partial charge in [0.05, 0.1) is 0 Å². The number of likely N-dealkylation sites (tertiary alicyclic amines) is 1. The van der Waals surface area contributed by atoms with Crippen molar-refractivity contribution < 1.29 is 14.7 Å². The first kappa shape index (κ1) is 13.7. The monoisotopic (exact) mass is 282 g/mol. The molecule has 0 aliphatic carbocycles. The number of hydrogen-bond donors (Lipinski definition) is 2. The molecule has 1 heterocycles. The van der Waals surface area contributed by atoms with Crippen molar-refractivity contribution in [1.82, 2.24) is 10.2 Å². The van der Waals surface area contributed by atoms with Crippen molar-refractivity contribution >= 4 is 23.6 Å². The van der Waals surface area contributed by atoms with E-state index in [0.29, 0.717) is 24.5 Å². The first-order chi connectivity index (χ1) is 9.09. The summed E-state index contributed by atoms with van der Waals surface area (Å²) in [7, 11) is 0. The van der Waals surface area contributed by atoms with Gasteiger partial charge in [-0.15, -0.1) is 0 Å². The molecule has 1 aromatic carbocycles. The quantitative estimate of drug-likeness (QED) is 0.892. The number of benzene rings is 1. The van der Waals surface area contributed by atoms with E-state index in [-0.39, 0.29) is 6.03 Å². The van der Waals surface area contributed by atoms with Crippen molar-refractivity contribution in [1.29, 1.82) is 0 Å². The Bertz CT molecular complexity index is 493. The minimum atomic E-state index is -0.953. The molecule has 1 atom stereocenters. The Morgan fingerprint density at radius 2 is 2.16 bits per heavy atom.